The Morgan fingerprint density at radius 1 is 1.38 bits per heavy atom. The van der Waals surface area contributed by atoms with Gasteiger partial charge in [-0.25, -0.2) is 9.59 Å². The number of imide groups is 1. The van der Waals surface area contributed by atoms with Gasteiger partial charge in [-0.2, -0.15) is 0 Å². The number of rotatable bonds is 2. The van der Waals surface area contributed by atoms with Crippen LogP contribution in [-0.2, 0) is 4.79 Å². The largest absolute Gasteiger partial charge is 0.338 e. The zero-order chi connectivity index (χ0) is 15.2. The van der Waals surface area contributed by atoms with Gasteiger partial charge in [0.15, 0.2) is 0 Å². The molecule has 0 radical (unpaired) electrons. The first-order valence-corrected chi connectivity index (χ1v) is 7.67. The molecular weight excluding hydrogens is 272 g/mol. The van der Waals surface area contributed by atoms with Gasteiger partial charge in [-0.05, 0) is 33.1 Å². The quantitative estimate of drug-likeness (QED) is 0.758. The molecule has 0 spiro atoms. The number of carbonyl (C=O) groups is 3. The first-order valence-electron chi connectivity index (χ1n) is 7.67. The van der Waals surface area contributed by atoms with Crippen LogP contribution < -0.4 is 5.32 Å². The molecule has 0 bridgehead atoms. The number of nitrogens with one attached hydrogen (secondary N) is 1. The summed E-state index contributed by atoms with van der Waals surface area (Å²) in [6.45, 7) is 5.99. The van der Waals surface area contributed by atoms with E-state index < -0.39 is 5.54 Å². The zero-order valence-corrected chi connectivity index (χ0v) is 12.6. The van der Waals surface area contributed by atoms with Crippen LogP contribution in [0.1, 0.15) is 33.1 Å². The Kier molecular flexibility index (Phi) is 3.30. The van der Waals surface area contributed by atoms with Gasteiger partial charge in [0.1, 0.15) is 5.54 Å². The molecule has 7 heteroatoms. The summed E-state index contributed by atoms with van der Waals surface area (Å²) in [6, 6.07) is -0.483. The number of carbonyl (C=O) groups excluding carboxylic acids is 3. The van der Waals surface area contributed by atoms with Crippen molar-refractivity contribution in [2.45, 2.75) is 44.7 Å². The van der Waals surface area contributed by atoms with E-state index >= 15 is 0 Å². The lowest BCUT2D eigenvalue weighted by atomic mass is 9.99. The number of amides is 5. The normalized spacial score (nSPS) is 32.1. The summed E-state index contributed by atoms with van der Waals surface area (Å²) in [4.78, 5) is 41.8. The zero-order valence-electron chi connectivity index (χ0n) is 12.6. The summed E-state index contributed by atoms with van der Waals surface area (Å²) in [5, 5.41) is 2.76. The molecule has 1 N–H and O–H groups in total. The predicted octanol–water partition coefficient (Wildman–Crippen LogP) is 0.607. The molecule has 3 aliphatic rings. The fourth-order valence-corrected chi connectivity index (χ4v) is 3.69. The van der Waals surface area contributed by atoms with Crippen molar-refractivity contribution in [3.63, 3.8) is 0 Å². The number of hydrogen-bond acceptors (Lipinski definition) is 3. The van der Waals surface area contributed by atoms with Gasteiger partial charge in [-0.3, -0.25) is 9.69 Å². The highest BCUT2D eigenvalue weighted by Crippen LogP contribution is 2.39. The lowest BCUT2D eigenvalue weighted by Crippen LogP contribution is -2.46. The van der Waals surface area contributed by atoms with Gasteiger partial charge in [-0.15, -0.1) is 0 Å². The van der Waals surface area contributed by atoms with Crippen LogP contribution in [0, 0.1) is 0 Å². The minimum atomic E-state index is -0.657. The fourth-order valence-electron chi connectivity index (χ4n) is 3.69. The second-order valence-corrected chi connectivity index (χ2v) is 6.21. The Balaban J connectivity index is 1.73. The number of fused-ring (bicyclic) bond motifs is 1. The molecule has 3 fully saturated rings. The van der Waals surface area contributed by atoms with E-state index in [1.807, 2.05) is 13.8 Å². The molecule has 0 aromatic carbocycles. The maximum Gasteiger partial charge on any atom is 0.327 e. The lowest BCUT2D eigenvalue weighted by Gasteiger charge is -2.23. The van der Waals surface area contributed by atoms with E-state index in [2.05, 4.69) is 5.32 Å². The molecule has 3 aliphatic heterocycles. The number of likely N-dealkylation sites (tertiary alicyclic amines) is 1. The van der Waals surface area contributed by atoms with E-state index in [0.717, 1.165) is 12.8 Å². The van der Waals surface area contributed by atoms with Crippen LogP contribution in [0.4, 0.5) is 9.59 Å². The van der Waals surface area contributed by atoms with Gasteiger partial charge < -0.3 is 15.1 Å². The predicted molar refractivity (Wildman–Crippen MR) is 75.6 cm³/mol. The van der Waals surface area contributed by atoms with Crippen molar-refractivity contribution < 1.29 is 14.4 Å². The maximum absolute atomic E-state index is 12.7. The van der Waals surface area contributed by atoms with Crippen LogP contribution in [0.15, 0.2) is 0 Å². The Morgan fingerprint density at radius 3 is 2.81 bits per heavy atom. The van der Waals surface area contributed by atoms with E-state index in [9.17, 15) is 14.4 Å². The van der Waals surface area contributed by atoms with Crippen LogP contribution in [-0.4, -0.2) is 70.4 Å². The van der Waals surface area contributed by atoms with E-state index in [1.54, 1.807) is 9.80 Å². The third kappa shape index (κ3) is 1.98. The van der Waals surface area contributed by atoms with E-state index in [1.165, 1.54) is 4.90 Å². The minimum absolute atomic E-state index is 0.0900. The van der Waals surface area contributed by atoms with Crippen LogP contribution in [0.2, 0.25) is 0 Å². The highest BCUT2D eigenvalue weighted by Gasteiger charge is 2.58. The first kappa shape index (κ1) is 14.2. The molecule has 0 aromatic rings. The van der Waals surface area contributed by atoms with Gasteiger partial charge >= 0.3 is 12.1 Å². The molecule has 3 rings (SSSR count). The highest BCUT2D eigenvalue weighted by molar-refractivity contribution is 6.07. The van der Waals surface area contributed by atoms with Crippen molar-refractivity contribution in [3.05, 3.63) is 0 Å². The van der Waals surface area contributed by atoms with Gasteiger partial charge in [0, 0.05) is 26.2 Å². The maximum atomic E-state index is 12.7. The molecule has 3 heterocycles. The average Bonchev–Trinajstić information content (AvgIpc) is 3.10. The van der Waals surface area contributed by atoms with Crippen LogP contribution >= 0.6 is 0 Å². The average molecular weight is 294 g/mol. The Bertz CT molecular complexity index is 495. The van der Waals surface area contributed by atoms with Crippen LogP contribution in [0.25, 0.3) is 0 Å². The van der Waals surface area contributed by atoms with E-state index in [-0.39, 0.29) is 24.0 Å². The molecule has 116 valence electrons. The molecule has 21 heavy (non-hydrogen) atoms. The van der Waals surface area contributed by atoms with Crippen molar-refractivity contribution in [2.24, 2.45) is 0 Å². The Morgan fingerprint density at radius 2 is 2.14 bits per heavy atom. The Hall–Kier alpha value is -1.79. The molecule has 0 saturated carbocycles. The standard InChI is InChI=1S/C14H22N4O3/c1-3-15-12(20)16-8-5-10(9-16)18-11(19)14(2)6-4-7-17(14)13(18)21/h10H,3-9H2,1-2H3,(H,15,20)/t10-,14+/m1/s1. The number of hydrogen-bond donors (Lipinski definition) is 1. The molecule has 0 aliphatic carbocycles. The Labute approximate surface area is 124 Å². The van der Waals surface area contributed by atoms with Crippen molar-refractivity contribution in [1.82, 2.24) is 20.0 Å². The van der Waals surface area contributed by atoms with Gasteiger partial charge in [0.25, 0.3) is 5.91 Å². The summed E-state index contributed by atoms with van der Waals surface area (Å²) < 4.78 is 0. The molecule has 7 nitrogen and oxygen atoms in total. The van der Waals surface area contributed by atoms with Crippen molar-refractivity contribution in [2.75, 3.05) is 26.2 Å². The lowest BCUT2D eigenvalue weighted by molar-refractivity contribution is -0.133. The molecule has 0 unspecified atom stereocenters. The second-order valence-electron chi connectivity index (χ2n) is 6.21. The number of nitrogens with zero attached hydrogens (tertiary/aromatic N) is 3. The molecule has 2 atom stereocenters. The van der Waals surface area contributed by atoms with E-state index in [4.69, 9.17) is 0 Å². The summed E-state index contributed by atoms with van der Waals surface area (Å²) >= 11 is 0. The topological polar surface area (TPSA) is 73.0 Å². The smallest absolute Gasteiger partial charge is 0.327 e. The minimum Gasteiger partial charge on any atom is -0.338 e. The monoisotopic (exact) mass is 294 g/mol. The van der Waals surface area contributed by atoms with Crippen molar-refractivity contribution in [3.8, 4) is 0 Å². The van der Waals surface area contributed by atoms with Crippen LogP contribution in [0.5, 0.6) is 0 Å². The first-order chi connectivity index (χ1) is 9.99. The van der Waals surface area contributed by atoms with Gasteiger partial charge in [0.2, 0.25) is 0 Å². The van der Waals surface area contributed by atoms with Gasteiger partial charge in [-0.1, -0.05) is 0 Å². The molecule has 3 saturated heterocycles. The summed E-state index contributed by atoms with van der Waals surface area (Å²) in [5.41, 5.74) is -0.657. The van der Waals surface area contributed by atoms with Crippen molar-refractivity contribution in [1.29, 1.82) is 0 Å². The molecule has 5 amide bonds. The third-order valence-electron chi connectivity index (χ3n) is 4.90. The van der Waals surface area contributed by atoms with Crippen LogP contribution in [0.3, 0.4) is 0 Å². The SMILES string of the molecule is CCNC(=O)N1CC[C@@H](N2C(=O)N3CCC[C@@]3(C)C2=O)C1. The third-order valence-corrected chi connectivity index (χ3v) is 4.90. The van der Waals surface area contributed by atoms with Gasteiger partial charge in [0.05, 0.1) is 6.04 Å². The summed E-state index contributed by atoms with van der Waals surface area (Å²) in [5.74, 6) is -0.0900. The summed E-state index contributed by atoms with van der Waals surface area (Å²) in [7, 11) is 0. The highest BCUT2D eigenvalue weighted by atomic mass is 16.2. The molecular formula is C14H22N4O3. The van der Waals surface area contributed by atoms with E-state index in [0.29, 0.717) is 32.6 Å². The number of urea groups is 2. The second kappa shape index (κ2) is 4.89. The summed E-state index contributed by atoms with van der Waals surface area (Å²) in [6.07, 6.45) is 2.29. The van der Waals surface area contributed by atoms with Crippen molar-refractivity contribution >= 4 is 18.0 Å². The molecule has 0 aromatic heterocycles. The fraction of sp³-hybridized carbons (Fsp3) is 0.786.